The number of ether oxygens (including phenoxy) is 1. The molecule has 0 aromatic heterocycles. The number of carbonyl (C=O) groups is 7. The Balaban J connectivity index is 1.38. The van der Waals surface area contributed by atoms with Crippen molar-refractivity contribution < 1.29 is 38.3 Å². The average Bonchev–Trinajstić information content (AvgIpc) is 3.85. The normalized spacial score (nSPS) is 20.5. The summed E-state index contributed by atoms with van der Waals surface area (Å²) in [7, 11) is 6.55. The summed E-state index contributed by atoms with van der Waals surface area (Å²) in [5.74, 6) is -3.02. The Morgan fingerprint density at radius 1 is 0.720 bits per heavy atom. The predicted octanol–water partition coefficient (Wildman–Crippen LogP) is 3.93. The Labute approximate surface area is 444 Å². The van der Waals surface area contributed by atoms with E-state index in [2.05, 4.69) is 44.0 Å². The summed E-state index contributed by atoms with van der Waals surface area (Å²) >= 11 is 0. The number of hydrogen-bond donors (Lipinski definition) is 6. The molecule has 1 fully saturated rings. The topological polar surface area (TPSA) is 211 Å². The van der Waals surface area contributed by atoms with Gasteiger partial charge >= 0.3 is 0 Å². The number of aryl methyl sites for hydroxylation is 1. The molecule has 2 heterocycles. The van der Waals surface area contributed by atoms with Crippen LogP contribution in [-0.4, -0.2) is 146 Å². The van der Waals surface area contributed by atoms with Crippen molar-refractivity contribution in [3.05, 3.63) is 106 Å². The number of benzene rings is 3. The third kappa shape index (κ3) is 14.2. The van der Waals surface area contributed by atoms with E-state index in [1.54, 1.807) is 51.9 Å². The van der Waals surface area contributed by atoms with Crippen LogP contribution in [0.3, 0.4) is 0 Å². The molecule has 6 rings (SSSR count). The van der Waals surface area contributed by atoms with Crippen molar-refractivity contribution >= 4 is 41.4 Å². The summed E-state index contributed by atoms with van der Waals surface area (Å²) in [5, 5.41) is 18.2. The van der Waals surface area contributed by atoms with Gasteiger partial charge < -0.3 is 51.3 Å². The fraction of sp³-hybridized carbons (Fsp3) is 0.569. The zero-order chi connectivity index (χ0) is 54.9. The van der Waals surface area contributed by atoms with Gasteiger partial charge in [0, 0.05) is 52.6 Å². The number of likely N-dealkylation sites (tertiary alicyclic amines) is 1. The lowest BCUT2D eigenvalue weighted by molar-refractivity contribution is -0.147. The van der Waals surface area contributed by atoms with Crippen molar-refractivity contribution in [2.45, 2.75) is 155 Å². The first kappa shape index (κ1) is 58.1. The van der Waals surface area contributed by atoms with Crippen molar-refractivity contribution in [1.82, 2.24) is 46.6 Å². The zero-order valence-corrected chi connectivity index (χ0v) is 46.3. The Kier molecular flexibility index (Phi) is 19.5. The van der Waals surface area contributed by atoms with E-state index >= 15 is 9.59 Å². The summed E-state index contributed by atoms with van der Waals surface area (Å²) in [6.45, 7) is 15.5. The molecule has 2 aliphatic heterocycles. The number of hydrogen-bond acceptors (Lipinski definition) is 10. The van der Waals surface area contributed by atoms with E-state index in [4.69, 9.17) is 4.74 Å². The molecule has 0 spiro atoms. The van der Waals surface area contributed by atoms with Gasteiger partial charge in [-0.2, -0.15) is 0 Å². The first-order valence-electron chi connectivity index (χ1n) is 26.6. The maximum absolute atomic E-state index is 15.2. The van der Waals surface area contributed by atoms with Crippen LogP contribution in [-0.2, 0) is 64.1 Å². The van der Waals surface area contributed by atoms with Gasteiger partial charge in [-0.05, 0) is 97.8 Å². The number of amides is 7. The van der Waals surface area contributed by atoms with Crippen LogP contribution in [0.15, 0.2) is 72.8 Å². The Morgan fingerprint density at radius 3 is 1.92 bits per heavy atom. The van der Waals surface area contributed by atoms with Gasteiger partial charge in [-0.3, -0.25) is 33.6 Å². The molecule has 3 aromatic carbocycles. The van der Waals surface area contributed by atoms with E-state index < -0.39 is 70.9 Å². The average molecular weight is 1030 g/mol. The second kappa shape index (κ2) is 25.1. The molecular weight excluding hydrogens is 951 g/mol. The maximum Gasteiger partial charge on any atom is 0.246 e. The molecule has 17 nitrogen and oxygen atoms in total. The van der Waals surface area contributed by atoms with Crippen molar-refractivity contribution in [3.8, 4) is 0 Å². The van der Waals surface area contributed by atoms with Crippen LogP contribution < -0.4 is 31.9 Å². The first-order chi connectivity index (χ1) is 35.5. The summed E-state index contributed by atoms with van der Waals surface area (Å²) in [4.78, 5) is 106. The van der Waals surface area contributed by atoms with Gasteiger partial charge in [0.1, 0.15) is 30.2 Å². The van der Waals surface area contributed by atoms with Crippen molar-refractivity contribution in [2.24, 2.45) is 10.8 Å². The second-order valence-electron chi connectivity index (χ2n) is 22.9. The third-order valence-electron chi connectivity index (χ3n) is 15.3. The highest BCUT2D eigenvalue weighted by atomic mass is 16.5. The van der Waals surface area contributed by atoms with E-state index in [0.29, 0.717) is 13.2 Å². The molecule has 0 radical (unpaired) electrons. The van der Waals surface area contributed by atoms with E-state index in [9.17, 15) is 24.0 Å². The number of nitrogens with zero attached hydrogens (tertiary/aromatic N) is 3. The number of nitrogens with one attached hydrogen (secondary N) is 6. The Morgan fingerprint density at radius 2 is 1.32 bits per heavy atom. The van der Waals surface area contributed by atoms with Gasteiger partial charge in [-0.15, -0.1) is 0 Å². The molecule has 17 heteroatoms. The third-order valence-corrected chi connectivity index (χ3v) is 15.3. The minimum Gasteiger partial charge on any atom is -0.383 e. The molecule has 9 atom stereocenters. The molecule has 1 saturated heterocycles. The molecular formula is C58H83N9O8. The fourth-order valence-electron chi connectivity index (χ4n) is 10.4. The quantitative estimate of drug-likeness (QED) is 0.102. The lowest BCUT2D eigenvalue weighted by Gasteiger charge is -2.42. The van der Waals surface area contributed by atoms with E-state index in [-0.39, 0.29) is 67.9 Å². The van der Waals surface area contributed by atoms with E-state index in [1.165, 1.54) is 10.5 Å². The highest BCUT2D eigenvalue weighted by molar-refractivity contribution is 5.96. The van der Waals surface area contributed by atoms with Crippen molar-refractivity contribution in [2.75, 3.05) is 47.9 Å². The summed E-state index contributed by atoms with van der Waals surface area (Å²) < 4.78 is 5.26. The van der Waals surface area contributed by atoms with Crippen LogP contribution in [0.4, 0.5) is 0 Å². The number of rotatable bonds is 19. The van der Waals surface area contributed by atoms with Gasteiger partial charge in [0.15, 0.2) is 0 Å². The minimum atomic E-state index is -1.04. The monoisotopic (exact) mass is 1030 g/mol. The SMILES string of the molecule is CN[C@@H](C)C(=O)N[C@H](C(=O)N1C[C@@H](c2ccc3c(c2)CN(C(=O)[C@@H](NC(=O)[C@H](C)NC)C(C)(C)C)[C@H](C(=O)N[C@@H]2CCCc4ccccc42)C3)C[C@H]1C(=O)N[C@@H](Cc1ccccc1)C(=O)N(C)CCOC)C(C)(C)C. The van der Waals surface area contributed by atoms with Crippen LogP contribution in [0.5, 0.6) is 0 Å². The molecule has 7 amide bonds. The molecule has 0 bridgehead atoms. The summed E-state index contributed by atoms with van der Waals surface area (Å²) in [6.07, 6.45) is 3.21. The standard InChI is InChI=1S/C58H83N9O8/c1-35(59-9)50(68)63-48(57(3,4)5)55(73)66-33-41-30-39(25-26-40(41)31-46(66)52(70)61-44-24-18-22-38-21-16-17-23-43(38)44)42-32-47(67(34-42)56(74)49(58(6,7)8)64-51(69)36(2)60-10)53(71)62-45(29-37-19-14-13-15-20-37)54(72)65(11)27-28-75-12/h13-17,19-21,23,25-26,30,35-36,42,44-49,59-60H,18,22,24,27-29,31-34H2,1-12H3,(H,61,70)(H,62,71)(H,63,68)(H,64,69)/t35-,36-,42-,44+,45-,46-,47-,48+,49+/m0/s1. The van der Waals surface area contributed by atoms with E-state index in [1.807, 2.05) is 102 Å². The Hall–Kier alpha value is -6.17. The predicted molar refractivity (Wildman–Crippen MR) is 289 cm³/mol. The van der Waals surface area contributed by atoms with Gasteiger partial charge in [0.25, 0.3) is 0 Å². The first-order valence-corrected chi connectivity index (χ1v) is 26.6. The van der Waals surface area contributed by atoms with Crippen molar-refractivity contribution in [3.63, 3.8) is 0 Å². The van der Waals surface area contributed by atoms with Crippen molar-refractivity contribution in [1.29, 1.82) is 0 Å². The van der Waals surface area contributed by atoms with Crippen LogP contribution in [0.25, 0.3) is 0 Å². The molecule has 6 N–H and O–H groups in total. The van der Waals surface area contributed by atoms with Gasteiger partial charge in [-0.25, -0.2) is 0 Å². The Bertz CT molecular complexity index is 2520. The highest BCUT2D eigenvalue weighted by Crippen LogP contribution is 2.38. The highest BCUT2D eigenvalue weighted by Gasteiger charge is 2.47. The van der Waals surface area contributed by atoms with E-state index in [0.717, 1.165) is 47.1 Å². The molecule has 1 aliphatic carbocycles. The van der Waals surface area contributed by atoms with Crippen LogP contribution in [0.1, 0.15) is 120 Å². The lowest BCUT2D eigenvalue weighted by Crippen LogP contribution is -2.62. The molecule has 3 aliphatic rings. The minimum absolute atomic E-state index is 0.0618. The van der Waals surface area contributed by atoms with Gasteiger partial charge in [0.2, 0.25) is 41.4 Å². The number of likely N-dealkylation sites (N-methyl/N-ethyl adjacent to an activating group) is 3. The second-order valence-corrected chi connectivity index (χ2v) is 22.9. The zero-order valence-electron chi connectivity index (χ0n) is 46.3. The molecule has 408 valence electrons. The van der Waals surface area contributed by atoms with Crippen LogP contribution in [0.2, 0.25) is 0 Å². The maximum atomic E-state index is 15.2. The number of carbonyl (C=O) groups excluding carboxylic acids is 7. The number of methoxy groups -OCH3 is 1. The largest absolute Gasteiger partial charge is 0.383 e. The van der Waals surface area contributed by atoms with Crippen LogP contribution in [0, 0.1) is 10.8 Å². The van der Waals surface area contributed by atoms with Gasteiger partial charge in [-0.1, -0.05) is 114 Å². The fourth-order valence-corrected chi connectivity index (χ4v) is 10.4. The smallest absolute Gasteiger partial charge is 0.246 e. The molecule has 0 unspecified atom stereocenters. The van der Waals surface area contributed by atoms with Gasteiger partial charge in [0.05, 0.1) is 24.7 Å². The summed E-state index contributed by atoms with van der Waals surface area (Å²) in [6, 6.07) is 17.2. The number of fused-ring (bicyclic) bond motifs is 2. The summed E-state index contributed by atoms with van der Waals surface area (Å²) in [5.41, 5.74) is 4.09. The molecule has 3 aromatic rings. The molecule has 0 saturated carbocycles. The van der Waals surface area contributed by atoms with Crippen LogP contribution >= 0.6 is 0 Å². The molecule has 75 heavy (non-hydrogen) atoms. The lowest BCUT2D eigenvalue weighted by atomic mass is 9.83.